The van der Waals surface area contributed by atoms with Crippen molar-refractivity contribution in [1.29, 1.82) is 0 Å². The Labute approximate surface area is 121 Å². The van der Waals surface area contributed by atoms with Crippen LogP contribution in [0.5, 0.6) is 0 Å². The molecule has 0 aliphatic heterocycles. The van der Waals surface area contributed by atoms with Gasteiger partial charge in [-0.25, -0.2) is 0 Å². The fraction of sp³-hybridized carbons (Fsp3) is 0.733. The highest BCUT2D eigenvalue weighted by atomic mass is 16.3. The lowest BCUT2D eigenvalue weighted by Gasteiger charge is -2.23. The van der Waals surface area contributed by atoms with Gasteiger partial charge in [0.15, 0.2) is 0 Å². The predicted octanol–water partition coefficient (Wildman–Crippen LogP) is 1.86. The van der Waals surface area contributed by atoms with E-state index in [1.807, 2.05) is 19.9 Å². The van der Waals surface area contributed by atoms with Crippen LogP contribution >= 0.6 is 0 Å². The van der Waals surface area contributed by atoms with Crippen molar-refractivity contribution < 1.29 is 9.90 Å². The molecule has 0 atom stereocenters. The third kappa shape index (κ3) is 4.34. The Balaban J connectivity index is 2.76. The Morgan fingerprint density at radius 3 is 2.40 bits per heavy atom. The van der Waals surface area contributed by atoms with Crippen molar-refractivity contribution >= 4 is 5.91 Å². The summed E-state index contributed by atoms with van der Waals surface area (Å²) in [7, 11) is 1.78. The number of aryl methyl sites for hydroxylation is 1. The quantitative estimate of drug-likeness (QED) is 0.865. The van der Waals surface area contributed by atoms with Crippen molar-refractivity contribution in [1.82, 2.24) is 15.1 Å². The Morgan fingerprint density at radius 1 is 1.35 bits per heavy atom. The van der Waals surface area contributed by atoms with Crippen molar-refractivity contribution in [2.24, 2.45) is 12.5 Å². The van der Waals surface area contributed by atoms with Crippen LogP contribution in [-0.2, 0) is 12.5 Å². The Kier molecular flexibility index (Phi) is 4.97. The Hall–Kier alpha value is -1.36. The summed E-state index contributed by atoms with van der Waals surface area (Å²) in [5, 5.41) is 16.3. The van der Waals surface area contributed by atoms with E-state index >= 15 is 0 Å². The molecule has 5 heteroatoms. The highest BCUT2D eigenvalue weighted by molar-refractivity contribution is 5.92. The number of aromatic nitrogens is 2. The smallest absolute Gasteiger partial charge is 0.269 e. The number of aliphatic hydroxyl groups is 1. The third-order valence-electron chi connectivity index (χ3n) is 3.40. The zero-order valence-electron chi connectivity index (χ0n) is 13.4. The lowest BCUT2D eigenvalue weighted by molar-refractivity contribution is 0.0918. The van der Waals surface area contributed by atoms with Crippen LogP contribution in [0.4, 0.5) is 0 Å². The number of nitrogens with zero attached hydrogens (tertiary/aromatic N) is 2. The average Bonchev–Trinajstić information content (AvgIpc) is 2.68. The molecule has 1 aromatic rings. The van der Waals surface area contributed by atoms with Crippen LogP contribution < -0.4 is 5.32 Å². The lowest BCUT2D eigenvalue weighted by Crippen LogP contribution is -2.35. The number of nitrogens with one attached hydrogen (secondary N) is 1. The molecule has 0 spiro atoms. The SMILES string of the molecule is Cn1nc(C(C)(C)C)cc1C(=O)NCC(C)(C)CCO. The Morgan fingerprint density at radius 2 is 1.95 bits per heavy atom. The van der Waals surface area contributed by atoms with Crippen LogP contribution in [0.1, 0.15) is 57.2 Å². The summed E-state index contributed by atoms with van der Waals surface area (Å²) in [6.07, 6.45) is 0.659. The van der Waals surface area contributed by atoms with E-state index in [4.69, 9.17) is 5.11 Å². The molecule has 1 aromatic heterocycles. The maximum absolute atomic E-state index is 12.2. The topological polar surface area (TPSA) is 67.2 Å². The molecule has 0 saturated heterocycles. The van der Waals surface area contributed by atoms with Crippen LogP contribution in [-0.4, -0.2) is 33.9 Å². The first kappa shape index (κ1) is 16.7. The predicted molar refractivity (Wildman–Crippen MR) is 79.7 cm³/mol. The van der Waals surface area contributed by atoms with Crippen LogP contribution in [0.3, 0.4) is 0 Å². The number of carbonyl (C=O) groups excluding carboxylic acids is 1. The second kappa shape index (κ2) is 5.95. The van der Waals surface area contributed by atoms with Gasteiger partial charge in [0.25, 0.3) is 5.91 Å². The summed E-state index contributed by atoms with van der Waals surface area (Å²) in [5.74, 6) is -0.124. The van der Waals surface area contributed by atoms with Crippen molar-refractivity contribution in [2.45, 2.75) is 46.5 Å². The number of rotatable bonds is 5. The van der Waals surface area contributed by atoms with Gasteiger partial charge in [-0.1, -0.05) is 34.6 Å². The van der Waals surface area contributed by atoms with Gasteiger partial charge in [-0.3, -0.25) is 9.48 Å². The molecule has 0 bridgehead atoms. The van der Waals surface area contributed by atoms with E-state index < -0.39 is 0 Å². The molecule has 0 aliphatic carbocycles. The van der Waals surface area contributed by atoms with Gasteiger partial charge in [-0.05, 0) is 17.9 Å². The average molecular weight is 281 g/mol. The molecule has 114 valence electrons. The van der Waals surface area contributed by atoms with Gasteiger partial charge in [-0.2, -0.15) is 5.10 Å². The molecule has 0 radical (unpaired) electrons. The summed E-state index contributed by atoms with van der Waals surface area (Å²) in [4.78, 5) is 12.2. The molecule has 1 amide bonds. The van der Waals surface area contributed by atoms with Crippen molar-refractivity contribution in [2.75, 3.05) is 13.2 Å². The highest BCUT2D eigenvalue weighted by Gasteiger charge is 2.23. The summed E-state index contributed by atoms with van der Waals surface area (Å²) in [5.41, 5.74) is 1.27. The first-order valence-electron chi connectivity index (χ1n) is 7.00. The second-order valence-electron chi connectivity index (χ2n) is 7.11. The van der Waals surface area contributed by atoms with Crippen LogP contribution in [0.2, 0.25) is 0 Å². The summed E-state index contributed by atoms with van der Waals surface area (Å²) < 4.78 is 1.62. The molecule has 5 nitrogen and oxygen atoms in total. The van der Waals surface area contributed by atoms with Gasteiger partial charge in [0.05, 0.1) is 5.69 Å². The van der Waals surface area contributed by atoms with E-state index in [-0.39, 0.29) is 23.3 Å². The van der Waals surface area contributed by atoms with Crippen molar-refractivity contribution in [3.05, 3.63) is 17.5 Å². The zero-order chi connectivity index (χ0) is 15.6. The van der Waals surface area contributed by atoms with E-state index in [1.165, 1.54) is 0 Å². The van der Waals surface area contributed by atoms with E-state index in [9.17, 15) is 4.79 Å². The molecule has 0 unspecified atom stereocenters. The number of carbonyl (C=O) groups is 1. The molecule has 0 saturated carbocycles. The molecule has 1 heterocycles. The largest absolute Gasteiger partial charge is 0.396 e. The molecule has 2 N–H and O–H groups in total. The van der Waals surface area contributed by atoms with Crippen molar-refractivity contribution in [3.8, 4) is 0 Å². The van der Waals surface area contributed by atoms with Gasteiger partial charge < -0.3 is 10.4 Å². The molecule has 0 fully saturated rings. The van der Waals surface area contributed by atoms with Gasteiger partial charge >= 0.3 is 0 Å². The van der Waals surface area contributed by atoms with E-state index in [0.717, 1.165) is 5.69 Å². The molecule has 20 heavy (non-hydrogen) atoms. The normalized spacial score (nSPS) is 12.6. The van der Waals surface area contributed by atoms with Gasteiger partial charge in [-0.15, -0.1) is 0 Å². The number of aliphatic hydroxyl groups excluding tert-OH is 1. The number of hydrogen-bond donors (Lipinski definition) is 2. The maximum Gasteiger partial charge on any atom is 0.269 e. The summed E-state index contributed by atoms with van der Waals surface area (Å²) >= 11 is 0. The first-order valence-corrected chi connectivity index (χ1v) is 7.00. The minimum absolute atomic E-state index is 0.0769. The summed E-state index contributed by atoms with van der Waals surface area (Å²) in [6, 6.07) is 1.84. The fourth-order valence-electron chi connectivity index (χ4n) is 1.85. The molecular weight excluding hydrogens is 254 g/mol. The van der Waals surface area contributed by atoms with Gasteiger partial charge in [0.1, 0.15) is 5.69 Å². The zero-order valence-corrected chi connectivity index (χ0v) is 13.4. The first-order chi connectivity index (χ1) is 9.07. The fourth-order valence-corrected chi connectivity index (χ4v) is 1.85. The highest BCUT2D eigenvalue weighted by Crippen LogP contribution is 2.22. The summed E-state index contributed by atoms with van der Waals surface area (Å²) in [6.45, 7) is 10.9. The number of hydrogen-bond acceptors (Lipinski definition) is 3. The van der Waals surface area contributed by atoms with Crippen LogP contribution in [0, 0.1) is 5.41 Å². The van der Waals surface area contributed by atoms with E-state index in [2.05, 4.69) is 31.2 Å². The molecule has 0 aliphatic rings. The standard InChI is InChI=1S/C15H27N3O2/c1-14(2,3)12-9-11(18(6)17-12)13(20)16-10-15(4,5)7-8-19/h9,19H,7-8,10H2,1-6H3,(H,16,20). The minimum Gasteiger partial charge on any atom is -0.396 e. The second-order valence-corrected chi connectivity index (χ2v) is 7.11. The molecule has 1 rings (SSSR count). The van der Waals surface area contributed by atoms with E-state index in [1.54, 1.807) is 11.7 Å². The molecular formula is C15H27N3O2. The van der Waals surface area contributed by atoms with Gasteiger partial charge in [0, 0.05) is 25.6 Å². The monoisotopic (exact) mass is 281 g/mol. The van der Waals surface area contributed by atoms with Crippen LogP contribution in [0.25, 0.3) is 0 Å². The lowest BCUT2D eigenvalue weighted by atomic mass is 9.89. The third-order valence-corrected chi connectivity index (χ3v) is 3.40. The van der Waals surface area contributed by atoms with Crippen molar-refractivity contribution in [3.63, 3.8) is 0 Å². The number of amides is 1. The molecule has 0 aromatic carbocycles. The van der Waals surface area contributed by atoms with Crippen LogP contribution in [0.15, 0.2) is 6.07 Å². The van der Waals surface area contributed by atoms with E-state index in [0.29, 0.717) is 18.7 Å². The Bertz CT molecular complexity index is 470. The maximum atomic E-state index is 12.2. The minimum atomic E-state index is -0.124. The van der Waals surface area contributed by atoms with Gasteiger partial charge in [0.2, 0.25) is 0 Å².